The van der Waals surface area contributed by atoms with Gasteiger partial charge in [-0.1, -0.05) is 32.9 Å². The Morgan fingerprint density at radius 2 is 2.07 bits per heavy atom. The maximum Gasteiger partial charge on any atom is 0.345 e. The van der Waals surface area contributed by atoms with Crippen LogP contribution in [0.1, 0.15) is 56.0 Å². The lowest BCUT2D eigenvalue weighted by molar-refractivity contribution is -0.385. The number of carbonyl (C=O) groups excluding carboxylic acids is 2. The van der Waals surface area contributed by atoms with Crippen molar-refractivity contribution in [2.24, 2.45) is 21.8 Å². The number of hydrogen-bond donors (Lipinski definition) is 1. The Balaban J connectivity index is 1.62. The topological polar surface area (TPSA) is 111 Å². The van der Waals surface area contributed by atoms with E-state index in [0.29, 0.717) is 11.5 Å². The molecule has 0 spiro atoms. The summed E-state index contributed by atoms with van der Waals surface area (Å²) in [6.45, 7) is 7.69. The van der Waals surface area contributed by atoms with Gasteiger partial charge in [-0.05, 0) is 43.1 Å². The van der Waals surface area contributed by atoms with Gasteiger partial charge in [-0.25, -0.2) is 10.2 Å². The third-order valence-corrected chi connectivity index (χ3v) is 6.81. The molecule has 150 valence electrons. The lowest BCUT2D eigenvalue weighted by Crippen LogP contribution is -2.35. The molecular weight excluding hydrogens is 362 g/mol. The first-order chi connectivity index (χ1) is 13.1. The van der Waals surface area contributed by atoms with Crippen LogP contribution in [-0.4, -0.2) is 29.1 Å². The summed E-state index contributed by atoms with van der Waals surface area (Å²) in [7, 11) is 0. The van der Waals surface area contributed by atoms with E-state index >= 15 is 0 Å². The average molecular weight is 387 g/mol. The number of esters is 1. The number of hydrogen-bond acceptors (Lipinski definition) is 6. The molecule has 2 aliphatic rings. The summed E-state index contributed by atoms with van der Waals surface area (Å²) in [5.74, 6) is -0.908. The van der Waals surface area contributed by atoms with E-state index < -0.39 is 23.4 Å². The van der Waals surface area contributed by atoms with E-state index in [4.69, 9.17) is 4.74 Å². The number of nitrogens with zero attached hydrogens (tertiary/aromatic N) is 2. The Kier molecular flexibility index (Phi) is 4.99. The molecule has 2 saturated carbocycles. The molecule has 0 heterocycles. The molecule has 0 radical (unpaired) electrons. The van der Waals surface area contributed by atoms with Crippen molar-refractivity contribution in [1.29, 1.82) is 0 Å². The molecule has 8 nitrogen and oxygen atoms in total. The zero-order valence-corrected chi connectivity index (χ0v) is 16.6. The van der Waals surface area contributed by atoms with E-state index in [9.17, 15) is 19.7 Å². The van der Waals surface area contributed by atoms with Gasteiger partial charge < -0.3 is 4.74 Å². The fourth-order valence-electron chi connectivity index (χ4n) is 4.53. The van der Waals surface area contributed by atoms with Gasteiger partial charge in [0.1, 0.15) is 5.56 Å². The van der Waals surface area contributed by atoms with Crippen molar-refractivity contribution in [2.75, 3.05) is 6.61 Å². The van der Waals surface area contributed by atoms with E-state index in [-0.39, 0.29) is 22.1 Å². The van der Waals surface area contributed by atoms with Crippen LogP contribution in [0.25, 0.3) is 0 Å². The molecule has 0 saturated heterocycles. The third-order valence-electron chi connectivity index (χ3n) is 6.81. The van der Waals surface area contributed by atoms with Gasteiger partial charge in [-0.15, -0.1) is 0 Å². The minimum Gasteiger partial charge on any atom is -0.452 e. The van der Waals surface area contributed by atoms with Crippen molar-refractivity contribution < 1.29 is 19.2 Å². The number of amides is 1. The molecule has 0 aromatic heterocycles. The van der Waals surface area contributed by atoms with Crippen LogP contribution in [0.15, 0.2) is 23.3 Å². The Morgan fingerprint density at radius 3 is 2.64 bits per heavy atom. The smallest absolute Gasteiger partial charge is 0.345 e. The molecule has 0 aliphatic heterocycles. The molecular formula is C20H25N3O5. The lowest BCUT2D eigenvalue weighted by Gasteiger charge is -2.34. The zero-order chi connectivity index (χ0) is 20.7. The molecule has 2 unspecified atom stereocenters. The monoisotopic (exact) mass is 387 g/mol. The number of ether oxygens (including phenoxy) is 1. The molecule has 2 atom stereocenters. The van der Waals surface area contributed by atoms with Crippen LogP contribution >= 0.6 is 0 Å². The van der Waals surface area contributed by atoms with Crippen molar-refractivity contribution in [2.45, 2.75) is 47.0 Å². The maximum atomic E-state index is 12.3. The maximum absolute atomic E-state index is 12.3. The van der Waals surface area contributed by atoms with Crippen molar-refractivity contribution in [3.63, 3.8) is 0 Å². The number of aryl methyl sites for hydroxylation is 1. The number of rotatable bonds is 5. The highest BCUT2D eigenvalue weighted by atomic mass is 16.6. The van der Waals surface area contributed by atoms with Crippen molar-refractivity contribution >= 4 is 23.3 Å². The third kappa shape index (κ3) is 3.16. The molecule has 2 fully saturated rings. The van der Waals surface area contributed by atoms with Crippen LogP contribution < -0.4 is 5.43 Å². The summed E-state index contributed by atoms with van der Waals surface area (Å²) < 4.78 is 4.98. The second-order valence-corrected chi connectivity index (χ2v) is 8.39. The van der Waals surface area contributed by atoms with E-state index in [1.807, 2.05) is 0 Å². The fourth-order valence-corrected chi connectivity index (χ4v) is 4.53. The summed E-state index contributed by atoms with van der Waals surface area (Å²) in [5, 5.41) is 15.4. The summed E-state index contributed by atoms with van der Waals surface area (Å²) >= 11 is 0. The van der Waals surface area contributed by atoms with Crippen LogP contribution in [0, 0.1) is 33.8 Å². The fraction of sp³-hybridized carbons (Fsp3) is 0.550. The van der Waals surface area contributed by atoms with Crippen molar-refractivity contribution in [3.8, 4) is 0 Å². The predicted molar refractivity (Wildman–Crippen MR) is 103 cm³/mol. The Hall–Kier alpha value is -2.77. The summed E-state index contributed by atoms with van der Waals surface area (Å²) in [4.78, 5) is 34.8. The molecule has 2 bridgehead atoms. The zero-order valence-electron chi connectivity index (χ0n) is 16.6. The van der Waals surface area contributed by atoms with E-state index in [1.165, 1.54) is 18.6 Å². The SMILES string of the molecule is Cc1cccc([N+](=O)[O-])c1C(=O)OCC(=O)N/N=C1\CC2CCC1(C)C2(C)C. The molecule has 1 aromatic rings. The number of fused-ring (bicyclic) bond motifs is 2. The predicted octanol–water partition coefficient (Wildman–Crippen LogP) is 3.38. The minimum absolute atomic E-state index is 0.0383. The van der Waals surface area contributed by atoms with Gasteiger partial charge in [0.05, 0.1) is 4.92 Å². The Bertz CT molecular complexity index is 877. The average Bonchev–Trinajstić information content (AvgIpc) is 2.97. The molecule has 3 rings (SSSR count). The van der Waals surface area contributed by atoms with Gasteiger partial charge in [0.25, 0.3) is 11.6 Å². The Labute approximate surface area is 163 Å². The van der Waals surface area contributed by atoms with Crippen molar-refractivity contribution in [3.05, 3.63) is 39.4 Å². The largest absolute Gasteiger partial charge is 0.452 e. The van der Waals surface area contributed by atoms with Crippen LogP contribution in [-0.2, 0) is 9.53 Å². The first-order valence-corrected chi connectivity index (χ1v) is 9.35. The second-order valence-electron chi connectivity index (χ2n) is 8.39. The number of benzene rings is 1. The second kappa shape index (κ2) is 7.00. The first-order valence-electron chi connectivity index (χ1n) is 9.35. The molecule has 8 heteroatoms. The number of hydrazone groups is 1. The number of nitrogens with one attached hydrogen (secondary N) is 1. The van der Waals surface area contributed by atoms with Crippen LogP contribution in [0.5, 0.6) is 0 Å². The van der Waals surface area contributed by atoms with E-state index in [1.54, 1.807) is 13.0 Å². The molecule has 1 amide bonds. The summed E-state index contributed by atoms with van der Waals surface area (Å²) in [6, 6.07) is 4.30. The van der Waals surface area contributed by atoms with Crippen molar-refractivity contribution in [1.82, 2.24) is 5.43 Å². The lowest BCUT2D eigenvalue weighted by atomic mass is 9.70. The van der Waals surface area contributed by atoms with Crippen LogP contribution in [0.3, 0.4) is 0 Å². The molecule has 2 aliphatic carbocycles. The van der Waals surface area contributed by atoms with Gasteiger partial charge in [0, 0.05) is 17.2 Å². The standard InChI is InChI=1S/C20H25N3O5/c1-12-6-5-7-14(23(26)27)17(12)18(25)28-11-16(24)22-21-15-10-13-8-9-20(15,4)19(13,2)3/h5-7,13H,8-11H2,1-4H3,(H,22,24)/b21-15+. The number of nitro groups is 1. The highest BCUT2D eigenvalue weighted by molar-refractivity contribution is 5.97. The highest BCUT2D eigenvalue weighted by Gasteiger charge is 2.60. The van der Waals surface area contributed by atoms with Gasteiger partial charge in [-0.2, -0.15) is 5.10 Å². The van der Waals surface area contributed by atoms with Gasteiger partial charge in [0.15, 0.2) is 6.61 Å². The van der Waals surface area contributed by atoms with Crippen LogP contribution in [0.2, 0.25) is 0 Å². The van der Waals surface area contributed by atoms with E-state index in [0.717, 1.165) is 18.6 Å². The highest BCUT2D eigenvalue weighted by Crippen LogP contribution is 2.63. The van der Waals surface area contributed by atoms with Gasteiger partial charge in [0.2, 0.25) is 0 Å². The quantitative estimate of drug-likeness (QED) is 0.473. The molecule has 28 heavy (non-hydrogen) atoms. The summed E-state index contributed by atoms with van der Waals surface area (Å²) in [6.07, 6.45) is 3.08. The number of carbonyl (C=O) groups is 2. The number of nitro benzene ring substituents is 1. The minimum atomic E-state index is -0.902. The van der Waals surface area contributed by atoms with Gasteiger partial charge >= 0.3 is 5.97 Å². The first kappa shape index (κ1) is 20.0. The molecule has 1 aromatic carbocycles. The van der Waals surface area contributed by atoms with E-state index in [2.05, 4.69) is 31.3 Å². The summed E-state index contributed by atoms with van der Waals surface area (Å²) in [5.41, 5.74) is 3.48. The van der Waals surface area contributed by atoms with Crippen LogP contribution in [0.4, 0.5) is 5.69 Å². The normalized spacial score (nSPS) is 26.3. The molecule has 1 N–H and O–H groups in total. The van der Waals surface area contributed by atoms with Gasteiger partial charge in [-0.3, -0.25) is 14.9 Å². The Morgan fingerprint density at radius 1 is 1.36 bits per heavy atom.